The van der Waals surface area contributed by atoms with E-state index in [0.717, 1.165) is 51.7 Å². The standard InChI is InChI=1S/C14H28N2O2/c1-3-4-10-18-11-6-9-16-13(17)14(2)8-5-7-12(14)15/h12H,3-11,15H2,1-2H3,(H,16,17). The third kappa shape index (κ3) is 4.25. The molecule has 0 aliphatic heterocycles. The van der Waals surface area contributed by atoms with E-state index in [-0.39, 0.29) is 17.4 Å². The van der Waals surface area contributed by atoms with Gasteiger partial charge in [0.25, 0.3) is 0 Å². The fraction of sp³-hybridized carbons (Fsp3) is 0.929. The van der Waals surface area contributed by atoms with Gasteiger partial charge in [-0.2, -0.15) is 0 Å². The summed E-state index contributed by atoms with van der Waals surface area (Å²) in [6, 6.07) is 0.0123. The molecule has 1 amide bonds. The van der Waals surface area contributed by atoms with E-state index in [1.807, 2.05) is 6.92 Å². The van der Waals surface area contributed by atoms with Crippen LogP contribution in [0.25, 0.3) is 0 Å². The summed E-state index contributed by atoms with van der Waals surface area (Å²) in [5.74, 6) is 0.112. The van der Waals surface area contributed by atoms with Crippen LogP contribution in [0.1, 0.15) is 52.4 Å². The van der Waals surface area contributed by atoms with Gasteiger partial charge in [0.05, 0.1) is 5.41 Å². The minimum absolute atomic E-state index is 0.0123. The molecule has 18 heavy (non-hydrogen) atoms. The van der Waals surface area contributed by atoms with Crippen LogP contribution in [-0.4, -0.2) is 31.7 Å². The van der Waals surface area contributed by atoms with Crippen molar-refractivity contribution in [2.75, 3.05) is 19.8 Å². The van der Waals surface area contributed by atoms with Crippen LogP contribution in [-0.2, 0) is 9.53 Å². The summed E-state index contributed by atoms with van der Waals surface area (Å²) >= 11 is 0. The lowest BCUT2D eigenvalue weighted by Gasteiger charge is -2.27. The molecule has 2 unspecified atom stereocenters. The topological polar surface area (TPSA) is 64.3 Å². The first-order valence-electron chi connectivity index (χ1n) is 7.23. The Bertz CT molecular complexity index is 258. The zero-order valence-electron chi connectivity index (χ0n) is 11.8. The van der Waals surface area contributed by atoms with Crippen molar-refractivity contribution >= 4 is 5.91 Å². The molecular weight excluding hydrogens is 228 g/mol. The summed E-state index contributed by atoms with van der Waals surface area (Å²) in [7, 11) is 0. The summed E-state index contributed by atoms with van der Waals surface area (Å²) in [5, 5.41) is 2.99. The number of carbonyl (C=O) groups is 1. The number of nitrogens with two attached hydrogens (primary N) is 1. The summed E-state index contributed by atoms with van der Waals surface area (Å²) in [6.07, 6.45) is 6.08. The Balaban J connectivity index is 2.10. The summed E-state index contributed by atoms with van der Waals surface area (Å²) < 4.78 is 5.45. The molecule has 1 aliphatic rings. The van der Waals surface area contributed by atoms with Crippen molar-refractivity contribution < 1.29 is 9.53 Å². The molecule has 4 nitrogen and oxygen atoms in total. The predicted octanol–water partition coefficient (Wildman–Crippen LogP) is 1.83. The lowest BCUT2D eigenvalue weighted by molar-refractivity contribution is -0.130. The van der Waals surface area contributed by atoms with Crippen molar-refractivity contribution in [3.63, 3.8) is 0 Å². The van der Waals surface area contributed by atoms with E-state index in [9.17, 15) is 4.79 Å². The summed E-state index contributed by atoms with van der Waals surface area (Å²) in [5.41, 5.74) is 5.66. The number of rotatable bonds is 8. The average Bonchev–Trinajstić information content (AvgIpc) is 2.69. The molecule has 2 atom stereocenters. The van der Waals surface area contributed by atoms with E-state index in [1.54, 1.807) is 0 Å². The maximum atomic E-state index is 12.1. The molecule has 0 aromatic rings. The molecule has 3 N–H and O–H groups in total. The molecule has 1 rings (SSSR count). The van der Waals surface area contributed by atoms with Crippen LogP contribution in [0.4, 0.5) is 0 Å². The molecule has 0 aromatic carbocycles. The number of ether oxygens (including phenoxy) is 1. The largest absolute Gasteiger partial charge is 0.381 e. The van der Waals surface area contributed by atoms with Gasteiger partial charge in [-0.25, -0.2) is 0 Å². The van der Waals surface area contributed by atoms with E-state index in [2.05, 4.69) is 12.2 Å². The second-order valence-electron chi connectivity index (χ2n) is 5.49. The number of unbranched alkanes of at least 4 members (excludes halogenated alkanes) is 1. The van der Waals surface area contributed by atoms with Crippen LogP contribution in [0, 0.1) is 5.41 Å². The minimum atomic E-state index is -0.358. The van der Waals surface area contributed by atoms with Gasteiger partial charge in [-0.1, -0.05) is 19.8 Å². The van der Waals surface area contributed by atoms with Gasteiger partial charge in [-0.05, 0) is 32.6 Å². The van der Waals surface area contributed by atoms with Gasteiger partial charge in [0.15, 0.2) is 0 Å². The summed E-state index contributed by atoms with van der Waals surface area (Å²) in [6.45, 7) is 6.37. The number of hydrogen-bond donors (Lipinski definition) is 2. The molecule has 0 bridgehead atoms. The van der Waals surface area contributed by atoms with Gasteiger partial charge in [0.1, 0.15) is 0 Å². The third-order valence-corrected chi connectivity index (χ3v) is 3.94. The second kappa shape index (κ2) is 7.74. The quantitative estimate of drug-likeness (QED) is 0.651. The molecule has 0 spiro atoms. The van der Waals surface area contributed by atoms with Crippen molar-refractivity contribution in [2.45, 2.75) is 58.4 Å². The lowest BCUT2D eigenvalue weighted by atomic mass is 9.84. The van der Waals surface area contributed by atoms with E-state index in [1.165, 1.54) is 0 Å². The fourth-order valence-electron chi connectivity index (χ4n) is 2.40. The molecule has 0 saturated heterocycles. The van der Waals surface area contributed by atoms with E-state index >= 15 is 0 Å². The van der Waals surface area contributed by atoms with Crippen LogP contribution < -0.4 is 11.1 Å². The highest BCUT2D eigenvalue weighted by Crippen LogP contribution is 2.36. The smallest absolute Gasteiger partial charge is 0.227 e. The molecule has 0 aromatic heterocycles. The van der Waals surface area contributed by atoms with Crippen molar-refractivity contribution in [1.29, 1.82) is 0 Å². The van der Waals surface area contributed by atoms with Gasteiger partial charge in [0, 0.05) is 25.8 Å². The van der Waals surface area contributed by atoms with Crippen molar-refractivity contribution in [3.05, 3.63) is 0 Å². The van der Waals surface area contributed by atoms with Gasteiger partial charge < -0.3 is 15.8 Å². The monoisotopic (exact) mass is 256 g/mol. The van der Waals surface area contributed by atoms with Crippen molar-refractivity contribution in [2.24, 2.45) is 11.1 Å². The molecule has 0 heterocycles. The van der Waals surface area contributed by atoms with Crippen LogP contribution in [0.15, 0.2) is 0 Å². The molecule has 4 heteroatoms. The van der Waals surface area contributed by atoms with E-state index in [4.69, 9.17) is 10.5 Å². The zero-order chi connectivity index (χ0) is 13.4. The third-order valence-electron chi connectivity index (χ3n) is 3.94. The highest BCUT2D eigenvalue weighted by molar-refractivity contribution is 5.83. The molecule has 1 fully saturated rings. The maximum Gasteiger partial charge on any atom is 0.227 e. The predicted molar refractivity (Wildman–Crippen MR) is 73.3 cm³/mol. The highest BCUT2D eigenvalue weighted by Gasteiger charge is 2.42. The van der Waals surface area contributed by atoms with Crippen molar-refractivity contribution in [1.82, 2.24) is 5.32 Å². The number of carbonyl (C=O) groups excluding carboxylic acids is 1. The van der Waals surface area contributed by atoms with Crippen LogP contribution in [0.5, 0.6) is 0 Å². The van der Waals surface area contributed by atoms with Crippen LogP contribution in [0.2, 0.25) is 0 Å². The molecular formula is C14H28N2O2. The average molecular weight is 256 g/mol. The van der Waals surface area contributed by atoms with Gasteiger partial charge >= 0.3 is 0 Å². The Morgan fingerprint density at radius 2 is 2.17 bits per heavy atom. The van der Waals surface area contributed by atoms with Gasteiger partial charge in [-0.15, -0.1) is 0 Å². The van der Waals surface area contributed by atoms with E-state index in [0.29, 0.717) is 6.54 Å². The Kier molecular flexibility index (Phi) is 6.65. The zero-order valence-corrected chi connectivity index (χ0v) is 11.8. The lowest BCUT2D eigenvalue weighted by Crippen LogP contribution is -2.47. The molecule has 0 radical (unpaired) electrons. The molecule has 106 valence electrons. The maximum absolute atomic E-state index is 12.1. The number of hydrogen-bond acceptors (Lipinski definition) is 3. The molecule has 1 aliphatic carbocycles. The second-order valence-corrected chi connectivity index (χ2v) is 5.49. The first kappa shape index (κ1) is 15.4. The Labute approximate surface area is 111 Å². The SMILES string of the molecule is CCCCOCCCNC(=O)C1(C)CCCC1N. The first-order chi connectivity index (χ1) is 8.61. The Morgan fingerprint density at radius 3 is 2.78 bits per heavy atom. The number of nitrogens with one attached hydrogen (secondary N) is 1. The van der Waals surface area contributed by atoms with Gasteiger partial charge in [0.2, 0.25) is 5.91 Å². The van der Waals surface area contributed by atoms with Crippen molar-refractivity contribution in [3.8, 4) is 0 Å². The number of amides is 1. The van der Waals surface area contributed by atoms with Crippen LogP contribution in [0.3, 0.4) is 0 Å². The first-order valence-corrected chi connectivity index (χ1v) is 7.23. The normalized spacial score (nSPS) is 27.4. The fourth-order valence-corrected chi connectivity index (χ4v) is 2.40. The summed E-state index contributed by atoms with van der Waals surface area (Å²) in [4.78, 5) is 12.1. The Hall–Kier alpha value is -0.610. The van der Waals surface area contributed by atoms with Crippen LogP contribution >= 0.6 is 0 Å². The van der Waals surface area contributed by atoms with E-state index < -0.39 is 0 Å². The molecule has 1 saturated carbocycles. The Morgan fingerprint density at radius 1 is 1.44 bits per heavy atom. The minimum Gasteiger partial charge on any atom is -0.381 e. The highest BCUT2D eigenvalue weighted by atomic mass is 16.5. The van der Waals surface area contributed by atoms with Gasteiger partial charge in [-0.3, -0.25) is 4.79 Å².